The summed E-state index contributed by atoms with van der Waals surface area (Å²) < 4.78 is 19.1. The molecule has 0 aliphatic carbocycles. The lowest BCUT2D eigenvalue weighted by atomic mass is 10.0. The third kappa shape index (κ3) is 4.72. The van der Waals surface area contributed by atoms with E-state index in [-0.39, 0.29) is 17.3 Å². The highest BCUT2D eigenvalue weighted by Crippen LogP contribution is 2.34. The molecule has 0 saturated heterocycles. The molecule has 0 unspecified atom stereocenters. The number of ether oxygens (including phenoxy) is 1. The normalized spacial score (nSPS) is 11.7. The molecule has 29 heavy (non-hydrogen) atoms. The molecular formula is C18H19ClFN7O2. The number of anilines is 2. The summed E-state index contributed by atoms with van der Waals surface area (Å²) in [6.07, 6.45) is 2.56. The van der Waals surface area contributed by atoms with Crippen LogP contribution in [0.25, 0.3) is 22.5 Å². The van der Waals surface area contributed by atoms with E-state index in [4.69, 9.17) is 17.3 Å². The molecular weight excluding hydrogens is 401 g/mol. The minimum absolute atomic E-state index is 0.0646. The van der Waals surface area contributed by atoms with Gasteiger partial charge in [-0.1, -0.05) is 11.6 Å². The molecule has 3 aromatic rings. The Hall–Kier alpha value is -3.40. The molecule has 2 heterocycles. The third-order valence-corrected chi connectivity index (χ3v) is 4.24. The number of nitrogens with two attached hydrogens (primary N) is 1. The molecule has 1 atom stereocenters. The molecule has 0 aliphatic rings. The van der Waals surface area contributed by atoms with Crippen LogP contribution >= 0.6 is 11.6 Å². The molecule has 1 aromatic carbocycles. The number of rotatable bonds is 6. The Morgan fingerprint density at radius 3 is 2.97 bits per heavy atom. The number of aromatic amines is 1. The Kier molecular flexibility index (Phi) is 6.13. The summed E-state index contributed by atoms with van der Waals surface area (Å²) in [4.78, 5) is 19.8. The Balaban J connectivity index is 1.84. The van der Waals surface area contributed by atoms with Crippen LogP contribution in [0.3, 0.4) is 0 Å². The summed E-state index contributed by atoms with van der Waals surface area (Å²) in [6, 6.07) is 4.25. The van der Waals surface area contributed by atoms with Gasteiger partial charge in [0.2, 0.25) is 5.95 Å². The van der Waals surface area contributed by atoms with Crippen LogP contribution in [0.15, 0.2) is 30.6 Å². The van der Waals surface area contributed by atoms with Crippen molar-refractivity contribution in [3.8, 4) is 22.5 Å². The molecule has 5 N–H and O–H groups in total. The number of carbonyl (C=O) groups is 1. The van der Waals surface area contributed by atoms with E-state index >= 15 is 0 Å². The van der Waals surface area contributed by atoms with Crippen molar-refractivity contribution in [2.24, 2.45) is 0 Å². The fraction of sp³-hybridized carbons (Fsp3) is 0.222. The van der Waals surface area contributed by atoms with Gasteiger partial charge >= 0.3 is 6.09 Å². The van der Waals surface area contributed by atoms with Crippen molar-refractivity contribution in [2.75, 3.05) is 24.7 Å². The number of nitrogens with one attached hydrogen (secondary N) is 3. The quantitative estimate of drug-likeness (QED) is 0.451. The van der Waals surface area contributed by atoms with E-state index in [0.29, 0.717) is 34.5 Å². The van der Waals surface area contributed by atoms with Crippen LogP contribution in [-0.4, -0.2) is 46.0 Å². The fourth-order valence-corrected chi connectivity index (χ4v) is 2.85. The first-order valence-electron chi connectivity index (χ1n) is 8.59. The van der Waals surface area contributed by atoms with Crippen molar-refractivity contribution < 1.29 is 13.9 Å². The third-order valence-electron chi connectivity index (χ3n) is 4.02. The molecule has 0 fully saturated rings. The second kappa shape index (κ2) is 8.74. The predicted octanol–water partition coefficient (Wildman–Crippen LogP) is 3.06. The second-order valence-corrected chi connectivity index (χ2v) is 6.64. The van der Waals surface area contributed by atoms with Gasteiger partial charge in [-0.3, -0.25) is 5.10 Å². The topological polar surface area (TPSA) is 131 Å². The SMILES string of the molecule is COC(=O)N[C@@H](C)CNc1nccc(-c2cn[nH]c2-c2cc(Cl)cc(N)c2F)n1. The Morgan fingerprint density at radius 2 is 2.21 bits per heavy atom. The summed E-state index contributed by atoms with van der Waals surface area (Å²) in [5.74, 6) is -0.269. The molecule has 152 valence electrons. The van der Waals surface area contributed by atoms with Gasteiger partial charge in [0.05, 0.1) is 30.4 Å². The average Bonchev–Trinajstić information content (AvgIpc) is 3.19. The van der Waals surface area contributed by atoms with Crippen molar-refractivity contribution in [1.29, 1.82) is 0 Å². The first kappa shape index (κ1) is 20.3. The molecule has 0 saturated carbocycles. The summed E-state index contributed by atoms with van der Waals surface area (Å²) in [7, 11) is 1.29. The van der Waals surface area contributed by atoms with Crippen LogP contribution in [0, 0.1) is 5.82 Å². The molecule has 1 amide bonds. The largest absolute Gasteiger partial charge is 0.453 e. The van der Waals surface area contributed by atoms with Crippen LogP contribution in [0.1, 0.15) is 6.92 Å². The van der Waals surface area contributed by atoms with Crippen molar-refractivity contribution in [3.05, 3.63) is 41.4 Å². The van der Waals surface area contributed by atoms with Gasteiger partial charge in [0.15, 0.2) is 5.82 Å². The predicted molar refractivity (Wildman–Crippen MR) is 108 cm³/mol. The number of carbonyl (C=O) groups excluding carboxylic acids is 1. The molecule has 0 bridgehead atoms. The molecule has 0 spiro atoms. The van der Waals surface area contributed by atoms with Gasteiger partial charge in [-0.15, -0.1) is 0 Å². The van der Waals surface area contributed by atoms with Gasteiger partial charge in [-0.05, 0) is 25.1 Å². The number of alkyl carbamates (subject to hydrolysis) is 1. The number of nitrogen functional groups attached to an aromatic ring is 1. The minimum atomic E-state index is -0.602. The lowest BCUT2D eigenvalue weighted by molar-refractivity contribution is 0.168. The minimum Gasteiger partial charge on any atom is -0.453 e. The number of benzene rings is 1. The second-order valence-electron chi connectivity index (χ2n) is 6.20. The smallest absolute Gasteiger partial charge is 0.407 e. The fourth-order valence-electron chi connectivity index (χ4n) is 2.63. The first-order valence-corrected chi connectivity index (χ1v) is 8.97. The van der Waals surface area contributed by atoms with Crippen molar-refractivity contribution >= 4 is 29.3 Å². The van der Waals surface area contributed by atoms with Gasteiger partial charge < -0.3 is 21.1 Å². The van der Waals surface area contributed by atoms with E-state index < -0.39 is 11.9 Å². The zero-order valence-electron chi connectivity index (χ0n) is 15.7. The van der Waals surface area contributed by atoms with Crippen LogP contribution in [-0.2, 0) is 4.74 Å². The number of halogens is 2. The zero-order valence-corrected chi connectivity index (χ0v) is 16.4. The van der Waals surface area contributed by atoms with E-state index in [1.54, 1.807) is 19.2 Å². The van der Waals surface area contributed by atoms with E-state index in [1.807, 2.05) is 0 Å². The Morgan fingerprint density at radius 1 is 1.41 bits per heavy atom. The molecule has 0 radical (unpaired) electrons. The van der Waals surface area contributed by atoms with E-state index in [2.05, 4.69) is 35.5 Å². The van der Waals surface area contributed by atoms with Crippen LogP contribution in [0.2, 0.25) is 5.02 Å². The van der Waals surface area contributed by atoms with Crippen molar-refractivity contribution in [1.82, 2.24) is 25.5 Å². The lowest BCUT2D eigenvalue weighted by Crippen LogP contribution is -2.37. The highest BCUT2D eigenvalue weighted by Gasteiger charge is 2.18. The molecule has 9 nitrogen and oxygen atoms in total. The maximum Gasteiger partial charge on any atom is 0.407 e. The molecule has 11 heteroatoms. The average molecular weight is 420 g/mol. The van der Waals surface area contributed by atoms with Crippen LogP contribution < -0.4 is 16.4 Å². The van der Waals surface area contributed by atoms with Gasteiger partial charge in [0.1, 0.15) is 0 Å². The van der Waals surface area contributed by atoms with Crippen molar-refractivity contribution in [3.63, 3.8) is 0 Å². The van der Waals surface area contributed by atoms with E-state index in [1.165, 1.54) is 25.4 Å². The van der Waals surface area contributed by atoms with E-state index in [0.717, 1.165) is 0 Å². The lowest BCUT2D eigenvalue weighted by Gasteiger charge is -2.14. The monoisotopic (exact) mass is 419 g/mol. The summed E-state index contributed by atoms with van der Waals surface area (Å²) >= 11 is 6.02. The maximum atomic E-state index is 14.5. The number of aromatic nitrogens is 4. The van der Waals surface area contributed by atoms with Crippen molar-refractivity contribution in [2.45, 2.75) is 13.0 Å². The van der Waals surface area contributed by atoms with Gasteiger partial charge in [-0.25, -0.2) is 19.2 Å². The standard InChI is InChI=1S/C18H19ClFN7O2/c1-9(25-18(28)29-2)7-23-17-22-4-3-14(26-17)12-8-24-27-16(12)11-5-10(19)6-13(21)15(11)20/h3-6,8-9H,7,21H2,1-2H3,(H,24,27)(H,25,28)(H,22,23,26)/t9-/m0/s1. The zero-order chi connectivity index (χ0) is 21.0. The number of methoxy groups -OCH3 is 1. The summed E-state index contributed by atoms with van der Waals surface area (Å²) in [5.41, 5.74) is 7.26. The molecule has 3 rings (SSSR count). The molecule has 2 aromatic heterocycles. The number of amides is 1. The molecule has 0 aliphatic heterocycles. The maximum absolute atomic E-state index is 14.5. The van der Waals surface area contributed by atoms with Gasteiger partial charge in [-0.2, -0.15) is 5.10 Å². The highest BCUT2D eigenvalue weighted by atomic mass is 35.5. The van der Waals surface area contributed by atoms with Gasteiger partial charge in [0, 0.05) is 34.9 Å². The highest BCUT2D eigenvalue weighted by molar-refractivity contribution is 6.31. The Labute approximate surface area is 170 Å². The van der Waals surface area contributed by atoms with E-state index in [9.17, 15) is 9.18 Å². The summed E-state index contributed by atoms with van der Waals surface area (Å²) in [6.45, 7) is 2.17. The number of nitrogens with zero attached hydrogens (tertiary/aromatic N) is 3. The number of H-pyrrole nitrogens is 1. The summed E-state index contributed by atoms with van der Waals surface area (Å²) in [5, 5.41) is 12.7. The van der Waals surface area contributed by atoms with Crippen LogP contribution in [0.5, 0.6) is 0 Å². The Bertz CT molecular complexity index is 1030. The number of hydrogen-bond acceptors (Lipinski definition) is 7. The first-order chi connectivity index (χ1) is 13.9. The van der Waals surface area contributed by atoms with Gasteiger partial charge in [0.25, 0.3) is 0 Å². The van der Waals surface area contributed by atoms with Crippen LogP contribution in [0.4, 0.5) is 20.8 Å². The number of hydrogen-bond donors (Lipinski definition) is 4.